The van der Waals surface area contributed by atoms with Crippen molar-refractivity contribution in [2.24, 2.45) is 11.8 Å². The molecule has 0 aromatic heterocycles. The van der Waals surface area contributed by atoms with Gasteiger partial charge in [-0.2, -0.15) is 0 Å². The molecule has 0 saturated carbocycles. The summed E-state index contributed by atoms with van der Waals surface area (Å²) in [7, 11) is 1.57. The molecule has 0 spiro atoms. The molecule has 5 heteroatoms. The van der Waals surface area contributed by atoms with Gasteiger partial charge in [0.15, 0.2) is 0 Å². The lowest BCUT2D eigenvalue weighted by Gasteiger charge is -2.24. The van der Waals surface area contributed by atoms with Crippen molar-refractivity contribution in [3.05, 3.63) is 60.2 Å². The summed E-state index contributed by atoms with van der Waals surface area (Å²) < 4.78 is 16.0. The largest absolute Gasteiger partial charge is 0.466 e. The van der Waals surface area contributed by atoms with E-state index in [0.29, 0.717) is 19.4 Å². The van der Waals surface area contributed by atoms with E-state index in [0.717, 1.165) is 16.7 Å². The van der Waals surface area contributed by atoms with E-state index in [1.165, 1.54) is 0 Å². The molecule has 5 nitrogen and oxygen atoms in total. The van der Waals surface area contributed by atoms with Gasteiger partial charge in [0.05, 0.1) is 19.1 Å². The van der Waals surface area contributed by atoms with Gasteiger partial charge in [0.25, 0.3) is 0 Å². The number of esters is 2. The molecule has 0 aliphatic heterocycles. The zero-order chi connectivity index (χ0) is 23.6. The lowest BCUT2D eigenvalue weighted by atomic mass is 9.87. The predicted octanol–water partition coefficient (Wildman–Crippen LogP) is 5.46. The molecule has 0 N–H and O–H groups in total. The molecular weight excluding hydrogens is 404 g/mol. The quantitative estimate of drug-likeness (QED) is 0.434. The molecule has 0 aliphatic rings. The molecule has 0 aliphatic carbocycles. The van der Waals surface area contributed by atoms with Gasteiger partial charge >= 0.3 is 11.9 Å². The summed E-state index contributed by atoms with van der Waals surface area (Å²) >= 11 is 0. The molecule has 0 radical (unpaired) electrons. The summed E-state index contributed by atoms with van der Waals surface area (Å²) in [6.07, 6.45) is 1.39. The van der Waals surface area contributed by atoms with Crippen LogP contribution in [0.2, 0.25) is 0 Å². The lowest BCUT2D eigenvalue weighted by Crippen LogP contribution is -2.29. The summed E-state index contributed by atoms with van der Waals surface area (Å²) in [6, 6.07) is 18.5. The Hall–Kier alpha value is -2.66. The van der Waals surface area contributed by atoms with E-state index < -0.39 is 11.5 Å². The van der Waals surface area contributed by atoms with Crippen molar-refractivity contribution >= 4 is 11.9 Å². The van der Waals surface area contributed by atoms with Crippen LogP contribution in [0.1, 0.15) is 46.1 Å². The minimum absolute atomic E-state index is 0.0722. The number of rotatable bonds is 11. The van der Waals surface area contributed by atoms with E-state index in [1.807, 2.05) is 39.0 Å². The van der Waals surface area contributed by atoms with Gasteiger partial charge in [0.2, 0.25) is 0 Å². The van der Waals surface area contributed by atoms with Crippen molar-refractivity contribution < 1.29 is 23.8 Å². The van der Waals surface area contributed by atoms with Crippen LogP contribution in [0.15, 0.2) is 54.6 Å². The highest BCUT2D eigenvalue weighted by Crippen LogP contribution is 2.26. The van der Waals surface area contributed by atoms with Crippen LogP contribution in [0, 0.1) is 11.8 Å². The molecule has 2 aromatic carbocycles. The first-order chi connectivity index (χ1) is 15.2. The Bertz CT molecular complexity index is 837. The second-order valence-corrected chi connectivity index (χ2v) is 9.06. The van der Waals surface area contributed by atoms with Crippen molar-refractivity contribution in [2.45, 2.75) is 52.6 Å². The van der Waals surface area contributed by atoms with Gasteiger partial charge in [0, 0.05) is 13.5 Å². The molecule has 2 atom stereocenters. The molecule has 2 aromatic rings. The Balaban J connectivity index is 2.17. The highest BCUT2D eigenvalue weighted by Gasteiger charge is 2.28. The van der Waals surface area contributed by atoms with E-state index in [2.05, 4.69) is 36.4 Å². The van der Waals surface area contributed by atoms with E-state index in [1.54, 1.807) is 14.0 Å². The van der Waals surface area contributed by atoms with E-state index in [-0.39, 0.29) is 30.9 Å². The number of hydrogen-bond donors (Lipinski definition) is 0. The Morgan fingerprint density at radius 2 is 1.56 bits per heavy atom. The third-order valence-electron chi connectivity index (χ3n) is 5.07. The summed E-state index contributed by atoms with van der Waals surface area (Å²) in [5.74, 6) is -1.04. The van der Waals surface area contributed by atoms with Crippen molar-refractivity contribution in [3.8, 4) is 11.1 Å². The fraction of sp³-hybridized carbons (Fsp3) is 0.481. The number of ether oxygens (including phenoxy) is 3. The van der Waals surface area contributed by atoms with Crippen molar-refractivity contribution in [1.82, 2.24) is 0 Å². The highest BCUT2D eigenvalue weighted by atomic mass is 16.6. The first-order valence-corrected chi connectivity index (χ1v) is 11.2. The van der Waals surface area contributed by atoms with Gasteiger partial charge in [-0.05, 0) is 63.1 Å². The number of carbonyl (C=O) groups excluding carboxylic acids is 2. The topological polar surface area (TPSA) is 61.8 Å². The molecule has 2 rings (SSSR count). The Morgan fingerprint density at radius 1 is 0.938 bits per heavy atom. The number of carbonyl (C=O) groups is 2. The van der Waals surface area contributed by atoms with Crippen LogP contribution >= 0.6 is 0 Å². The van der Waals surface area contributed by atoms with Gasteiger partial charge in [-0.1, -0.05) is 54.6 Å². The summed E-state index contributed by atoms with van der Waals surface area (Å²) in [5.41, 5.74) is 2.86. The molecule has 0 saturated heterocycles. The lowest BCUT2D eigenvalue weighted by molar-refractivity contribution is -0.157. The maximum atomic E-state index is 12.6. The van der Waals surface area contributed by atoms with Gasteiger partial charge in [-0.3, -0.25) is 9.59 Å². The average molecular weight is 441 g/mol. The Morgan fingerprint density at radius 3 is 2.12 bits per heavy atom. The van der Waals surface area contributed by atoms with E-state index >= 15 is 0 Å². The zero-order valence-electron chi connectivity index (χ0n) is 19.9. The minimum Gasteiger partial charge on any atom is -0.466 e. The van der Waals surface area contributed by atoms with Gasteiger partial charge < -0.3 is 14.2 Å². The number of methoxy groups -OCH3 is 1. The van der Waals surface area contributed by atoms with Crippen LogP contribution in [0.5, 0.6) is 0 Å². The smallest absolute Gasteiger partial charge is 0.311 e. The highest BCUT2D eigenvalue weighted by molar-refractivity contribution is 5.73. The van der Waals surface area contributed by atoms with Crippen LogP contribution < -0.4 is 0 Å². The monoisotopic (exact) mass is 440 g/mol. The molecule has 0 fully saturated rings. The number of benzene rings is 2. The predicted molar refractivity (Wildman–Crippen MR) is 126 cm³/mol. The fourth-order valence-corrected chi connectivity index (χ4v) is 3.75. The summed E-state index contributed by atoms with van der Waals surface area (Å²) in [6.45, 7) is 7.93. The van der Waals surface area contributed by atoms with Crippen LogP contribution in [0.3, 0.4) is 0 Å². The SMILES string of the molecule is CCOC(=O)[C@H](COC)C[C@H](CC(=O)OC(C)(C)C)Cc1ccc(-c2ccccc2)cc1. The summed E-state index contributed by atoms with van der Waals surface area (Å²) in [4.78, 5) is 25.0. The third kappa shape index (κ3) is 8.83. The van der Waals surface area contributed by atoms with Crippen LogP contribution in [-0.4, -0.2) is 37.9 Å². The van der Waals surface area contributed by atoms with Crippen molar-refractivity contribution in [2.75, 3.05) is 20.3 Å². The van der Waals surface area contributed by atoms with Crippen molar-refractivity contribution in [1.29, 1.82) is 0 Å². The second kappa shape index (κ2) is 12.4. The van der Waals surface area contributed by atoms with Gasteiger partial charge in [-0.15, -0.1) is 0 Å². The zero-order valence-corrected chi connectivity index (χ0v) is 19.9. The molecule has 174 valence electrons. The first kappa shape index (κ1) is 25.6. The number of hydrogen-bond acceptors (Lipinski definition) is 5. The maximum Gasteiger partial charge on any atom is 0.311 e. The molecule has 0 unspecified atom stereocenters. The van der Waals surface area contributed by atoms with E-state index in [4.69, 9.17) is 14.2 Å². The summed E-state index contributed by atoms with van der Waals surface area (Å²) in [5, 5.41) is 0. The standard InChI is InChI=1S/C27H36O5/c1-6-31-26(29)24(19-30-5)17-21(18-25(28)32-27(2,3)4)16-20-12-14-23(15-13-20)22-10-8-7-9-11-22/h7-15,21,24H,6,16-19H2,1-5H3/t21-,24+/m1/s1. The molecule has 0 amide bonds. The van der Waals surface area contributed by atoms with Gasteiger partial charge in [0.1, 0.15) is 5.60 Å². The minimum atomic E-state index is -0.550. The normalized spacial score (nSPS) is 13.3. The molecule has 32 heavy (non-hydrogen) atoms. The molecule has 0 heterocycles. The first-order valence-electron chi connectivity index (χ1n) is 11.2. The third-order valence-corrected chi connectivity index (χ3v) is 5.07. The Labute approximate surface area is 192 Å². The fourth-order valence-electron chi connectivity index (χ4n) is 3.75. The van der Waals surface area contributed by atoms with E-state index in [9.17, 15) is 9.59 Å². The van der Waals surface area contributed by atoms with Crippen molar-refractivity contribution in [3.63, 3.8) is 0 Å². The van der Waals surface area contributed by atoms with Crippen LogP contribution in [0.4, 0.5) is 0 Å². The maximum absolute atomic E-state index is 12.6. The Kier molecular flexibility index (Phi) is 9.92. The molecule has 0 bridgehead atoms. The second-order valence-electron chi connectivity index (χ2n) is 9.06. The van der Waals surface area contributed by atoms with Crippen LogP contribution in [-0.2, 0) is 30.2 Å². The average Bonchev–Trinajstić information content (AvgIpc) is 2.73. The van der Waals surface area contributed by atoms with Crippen LogP contribution in [0.25, 0.3) is 11.1 Å². The van der Waals surface area contributed by atoms with Gasteiger partial charge in [-0.25, -0.2) is 0 Å². The molecular formula is C27H36O5.